The minimum absolute atomic E-state index is 0.0415. The molecule has 0 saturated heterocycles. The van der Waals surface area contributed by atoms with Gasteiger partial charge in [0.25, 0.3) is 0 Å². The molecule has 3 unspecified atom stereocenters. The van der Waals surface area contributed by atoms with E-state index in [0.29, 0.717) is 5.92 Å². The summed E-state index contributed by atoms with van der Waals surface area (Å²) < 4.78 is 0. The largest absolute Gasteiger partial charge is 0.263 e. The van der Waals surface area contributed by atoms with Crippen LogP contribution in [0, 0.1) is 0 Å². The highest BCUT2D eigenvalue weighted by Gasteiger charge is 2.30. The second-order valence-corrected chi connectivity index (χ2v) is 8.01. The van der Waals surface area contributed by atoms with Crippen molar-refractivity contribution in [2.24, 2.45) is 0 Å². The summed E-state index contributed by atoms with van der Waals surface area (Å²) in [7, 11) is 0. The zero-order valence-electron chi connectivity index (χ0n) is 12.5. The normalized spacial score (nSPS) is 24.9. The van der Waals surface area contributed by atoms with Gasteiger partial charge >= 0.3 is 0 Å². The highest BCUT2D eigenvalue weighted by molar-refractivity contribution is 7.13. The fourth-order valence-electron chi connectivity index (χ4n) is 3.23. The number of fused-ring (bicyclic) bond motifs is 1. The monoisotopic (exact) mass is 362 g/mol. The van der Waals surface area contributed by atoms with E-state index in [0.717, 1.165) is 40.9 Å². The van der Waals surface area contributed by atoms with Gasteiger partial charge in [-0.3, -0.25) is 4.98 Å². The molecule has 1 fully saturated rings. The Morgan fingerprint density at radius 2 is 1.91 bits per heavy atom. The number of thiazole rings is 1. The van der Waals surface area contributed by atoms with Crippen molar-refractivity contribution in [3.63, 3.8) is 0 Å². The number of hydrogen-bond donors (Lipinski definition) is 0. The summed E-state index contributed by atoms with van der Waals surface area (Å²) in [5.74, 6) is 0.417. The average molecular weight is 363 g/mol. The van der Waals surface area contributed by atoms with Crippen molar-refractivity contribution in [2.75, 3.05) is 0 Å². The molecule has 1 aromatic carbocycles. The van der Waals surface area contributed by atoms with Crippen LogP contribution in [0.2, 0.25) is 0 Å². The van der Waals surface area contributed by atoms with E-state index in [-0.39, 0.29) is 10.8 Å². The Morgan fingerprint density at radius 1 is 1.04 bits per heavy atom. The molecule has 0 N–H and O–H groups in total. The van der Waals surface area contributed by atoms with Crippen molar-refractivity contribution >= 4 is 45.3 Å². The Hall–Kier alpha value is -1.16. The number of nitrogens with zero attached hydrogens (tertiary/aromatic N) is 2. The summed E-state index contributed by atoms with van der Waals surface area (Å²) in [5.41, 5.74) is 2.25. The van der Waals surface area contributed by atoms with Gasteiger partial charge in [0.1, 0.15) is 5.01 Å². The maximum absolute atomic E-state index is 6.35. The van der Waals surface area contributed by atoms with Gasteiger partial charge in [-0.05, 0) is 24.6 Å². The molecule has 2 heterocycles. The zero-order chi connectivity index (χ0) is 15.8. The van der Waals surface area contributed by atoms with Crippen molar-refractivity contribution < 1.29 is 0 Å². The number of rotatable bonds is 2. The topological polar surface area (TPSA) is 25.8 Å². The molecule has 4 rings (SSSR count). The SMILES string of the molecule is ClC1CCC(c2csc(-c3cncc4ccccc34)n2)CC1Cl. The van der Waals surface area contributed by atoms with Gasteiger partial charge in [0.05, 0.1) is 11.1 Å². The average Bonchev–Trinajstić information content (AvgIpc) is 3.06. The van der Waals surface area contributed by atoms with E-state index in [1.54, 1.807) is 11.3 Å². The van der Waals surface area contributed by atoms with E-state index in [1.165, 1.54) is 5.39 Å². The Balaban J connectivity index is 1.67. The fraction of sp³-hybridized carbons (Fsp3) is 0.333. The molecule has 23 heavy (non-hydrogen) atoms. The number of hydrogen-bond acceptors (Lipinski definition) is 3. The second-order valence-electron chi connectivity index (χ2n) is 6.03. The molecular formula is C18H16Cl2N2S. The van der Waals surface area contributed by atoms with Crippen LogP contribution in [0.3, 0.4) is 0 Å². The number of alkyl halides is 2. The van der Waals surface area contributed by atoms with Crippen LogP contribution < -0.4 is 0 Å². The van der Waals surface area contributed by atoms with Crippen molar-refractivity contribution in [1.29, 1.82) is 0 Å². The summed E-state index contributed by atoms with van der Waals surface area (Å²) in [4.78, 5) is 9.25. The van der Waals surface area contributed by atoms with Crippen LogP contribution in [0.25, 0.3) is 21.3 Å². The van der Waals surface area contributed by atoms with Crippen LogP contribution in [0.4, 0.5) is 0 Å². The van der Waals surface area contributed by atoms with Crippen LogP contribution in [0.15, 0.2) is 42.0 Å². The first kappa shape index (κ1) is 15.4. The van der Waals surface area contributed by atoms with Crippen LogP contribution in [0.5, 0.6) is 0 Å². The van der Waals surface area contributed by atoms with Crippen LogP contribution in [-0.2, 0) is 0 Å². The van der Waals surface area contributed by atoms with E-state index >= 15 is 0 Å². The van der Waals surface area contributed by atoms with E-state index < -0.39 is 0 Å². The van der Waals surface area contributed by atoms with Gasteiger partial charge in [-0.25, -0.2) is 4.98 Å². The molecule has 0 aliphatic heterocycles. The summed E-state index contributed by atoms with van der Waals surface area (Å²) in [5, 5.41) is 5.67. The van der Waals surface area contributed by atoms with E-state index in [2.05, 4.69) is 28.6 Å². The third-order valence-electron chi connectivity index (χ3n) is 4.53. The predicted molar refractivity (Wildman–Crippen MR) is 98.7 cm³/mol. The first-order valence-electron chi connectivity index (χ1n) is 7.79. The molecule has 1 aliphatic carbocycles. The van der Waals surface area contributed by atoms with E-state index in [1.807, 2.05) is 18.5 Å². The maximum atomic E-state index is 6.35. The lowest BCUT2D eigenvalue weighted by molar-refractivity contribution is 0.449. The summed E-state index contributed by atoms with van der Waals surface area (Å²) >= 11 is 14.3. The molecule has 1 aliphatic rings. The highest BCUT2D eigenvalue weighted by Crippen LogP contribution is 2.39. The summed E-state index contributed by atoms with van der Waals surface area (Å²) in [6.07, 6.45) is 6.74. The van der Waals surface area contributed by atoms with E-state index in [4.69, 9.17) is 28.2 Å². The lowest BCUT2D eigenvalue weighted by atomic mass is 9.87. The number of aromatic nitrogens is 2. The van der Waals surface area contributed by atoms with Gasteiger partial charge in [-0.1, -0.05) is 24.3 Å². The lowest BCUT2D eigenvalue weighted by Crippen LogP contribution is -2.24. The molecule has 0 spiro atoms. The van der Waals surface area contributed by atoms with Gasteiger partial charge in [0, 0.05) is 40.0 Å². The molecule has 0 radical (unpaired) electrons. The maximum Gasteiger partial charge on any atom is 0.125 e. The molecule has 2 aromatic heterocycles. The van der Waals surface area contributed by atoms with Crippen molar-refractivity contribution in [3.05, 3.63) is 47.7 Å². The number of benzene rings is 1. The first-order valence-corrected chi connectivity index (χ1v) is 9.54. The van der Waals surface area contributed by atoms with Crippen molar-refractivity contribution in [2.45, 2.75) is 35.9 Å². The Labute approximate surface area is 149 Å². The molecule has 2 nitrogen and oxygen atoms in total. The van der Waals surface area contributed by atoms with Crippen molar-refractivity contribution in [3.8, 4) is 10.6 Å². The van der Waals surface area contributed by atoms with E-state index in [9.17, 15) is 0 Å². The van der Waals surface area contributed by atoms with Crippen LogP contribution in [0.1, 0.15) is 30.9 Å². The van der Waals surface area contributed by atoms with Crippen molar-refractivity contribution in [1.82, 2.24) is 9.97 Å². The first-order chi connectivity index (χ1) is 11.2. The molecule has 5 heteroatoms. The molecule has 0 amide bonds. The third kappa shape index (κ3) is 2.98. The molecule has 0 bridgehead atoms. The number of halogens is 2. The molecular weight excluding hydrogens is 347 g/mol. The van der Waals surface area contributed by atoms with Gasteiger partial charge in [-0.15, -0.1) is 34.5 Å². The Bertz CT molecular complexity index is 827. The molecule has 3 aromatic rings. The second kappa shape index (κ2) is 6.39. The quantitative estimate of drug-likeness (QED) is 0.535. The smallest absolute Gasteiger partial charge is 0.125 e. The molecule has 118 valence electrons. The summed E-state index contributed by atoms with van der Waals surface area (Å²) in [6, 6.07) is 8.30. The highest BCUT2D eigenvalue weighted by atomic mass is 35.5. The molecule has 3 atom stereocenters. The third-order valence-corrected chi connectivity index (χ3v) is 6.56. The van der Waals surface area contributed by atoms with Crippen LogP contribution in [-0.4, -0.2) is 20.7 Å². The van der Waals surface area contributed by atoms with Gasteiger partial charge in [0.2, 0.25) is 0 Å². The summed E-state index contributed by atoms with van der Waals surface area (Å²) in [6.45, 7) is 0. The Kier molecular flexibility index (Phi) is 4.27. The van der Waals surface area contributed by atoms with Crippen LogP contribution >= 0.6 is 34.5 Å². The standard InChI is InChI=1S/C18H16Cl2N2S/c19-15-6-5-11(7-16(15)20)17-10-23-18(22-17)14-9-21-8-12-3-1-2-4-13(12)14/h1-4,8-11,15-16H,5-7H2. The zero-order valence-corrected chi connectivity index (χ0v) is 14.8. The van der Waals surface area contributed by atoms with Gasteiger partial charge < -0.3 is 0 Å². The molecule has 1 saturated carbocycles. The fourth-order valence-corrected chi connectivity index (χ4v) is 4.73. The van der Waals surface area contributed by atoms with Gasteiger partial charge in [-0.2, -0.15) is 0 Å². The minimum Gasteiger partial charge on any atom is -0.263 e. The number of pyridine rings is 1. The predicted octanol–water partition coefficient (Wildman–Crippen LogP) is 5.84. The lowest BCUT2D eigenvalue weighted by Gasteiger charge is -2.28. The Morgan fingerprint density at radius 3 is 2.78 bits per heavy atom. The minimum atomic E-state index is 0.0415. The van der Waals surface area contributed by atoms with Gasteiger partial charge in [0.15, 0.2) is 0 Å².